The number of benzene rings is 2. The first-order valence-corrected chi connectivity index (χ1v) is 14.0. The molecule has 0 fully saturated rings. The highest BCUT2D eigenvalue weighted by atomic mass is 19.1. The molecule has 2 aromatic carbocycles. The predicted octanol–water partition coefficient (Wildman–Crippen LogP) is 4.63. The van der Waals surface area contributed by atoms with Crippen LogP contribution in [0.5, 0.6) is 0 Å². The highest BCUT2D eigenvalue weighted by Crippen LogP contribution is 2.36. The topological polar surface area (TPSA) is 120 Å². The van der Waals surface area contributed by atoms with Crippen molar-refractivity contribution in [2.24, 2.45) is 0 Å². The number of fused-ring (bicyclic) bond motifs is 1. The van der Waals surface area contributed by atoms with Gasteiger partial charge in [-0.25, -0.2) is 13.8 Å². The second-order valence-corrected chi connectivity index (χ2v) is 10.4. The zero-order valence-corrected chi connectivity index (χ0v) is 22.9. The number of nitrogens with one attached hydrogen (secondary N) is 2. The van der Waals surface area contributed by atoms with Crippen molar-refractivity contribution < 1.29 is 23.1 Å². The van der Waals surface area contributed by atoms with Crippen molar-refractivity contribution in [2.45, 2.75) is 64.0 Å². The number of carbonyl (C=O) groups is 1. The number of aliphatic hydroxyl groups excluding tert-OH is 1. The Morgan fingerprint density at radius 1 is 1.22 bits per heavy atom. The fourth-order valence-electron chi connectivity index (χ4n) is 5.39. The van der Waals surface area contributed by atoms with Crippen LogP contribution in [-0.4, -0.2) is 56.6 Å². The van der Waals surface area contributed by atoms with E-state index in [1.165, 1.54) is 18.4 Å². The minimum absolute atomic E-state index is 0.0283. The van der Waals surface area contributed by atoms with E-state index in [0.717, 1.165) is 61.7 Å². The van der Waals surface area contributed by atoms with Gasteiger partial charge in [0.1, 0.15) is 17.9 Å². The zero-order chi connectivity index (χ0) is 28.8. The maximum Gasteiger partial charge on any atom is 0.251 e. The van der Waals surface area contributed by atoms with Gasteiger partial charge >= 0.3 is 0 Å². The number of hydrogen-bond acceptors (Lipinski definition) is 7. The molecular weight excluding hydrogens is 530 g/mol. The molecule has 0 bridgehead atoms. The van der Waals surface area contributed by atoms with Crippen LogP contribution in [0.1, 0.15) is 59.8 Å². The van der Waals surface area contributed by atoms with Gasteiger partial charge in [0.2, 0.25) is 5.89 Å². The zero-order valence-electron chi connectivity index (χ0n) is 22.9. The molecule has 2 unspecified atom stereocenters. The van der Waals surface area contributed by atoms with E-state index in [9.17, 15) is 18.7 Å². The van der Waals surface area contributed by atoms with Gasteiger partial charge in [-0.05, 0) is 73.9 Å². The van der Waals surface area contributed by atoms with Crippen molar-refractivity contribution in [1.82, 2.24) is 25.7 Å². The maximum absolute atomic E-state index is 14.0. The van der Waals surface area contributed by atoms with Gasteiger partial charge in [0.15, 0.2) is 0 Å². The highest BCUT2D eigenvalue weighted by molar-refractivity contribution is 5.97. The number of hydrogen-bond donors (Lipinski definition) is 3. The standard InChI is InChI=1S/C30H34F2N6O3/c1-2-3-9-38-10-4-5-24-25(30-33-8-11-41-30)15-20(16-27(24)38)29(40)35-26(14-19-12-21(31)17-22(32)13-19)28(39)7-6-23-18-34-37-36-23/h8,11-13,15-18,26,28,39H,2-7,9-10,14H2,1H3,(H,35,40)(H,34,36,37). The average molecular weight is 565 g/mol. The van der Waals surface area contributed by atoms with Crippen LogP contribution in [-0.2, 0) is 19.3 Å². The molecule has 1 amide bonds. The van der Waals surface area contributed by atoms with E-state index in [2.05, 4.69) is 37.5 Å². The molecule has 0 saturated heterocycles. The summed E-state index contributed by atoms with van der Waals surface area (Å²) in [5.41, 5.74) is 4.19. The number of unbranched alkanes of at least 4 members (excludes halogenated alkanes) is 1. The molecule has 9 nitrogen and oxygen atoms in total. The molecule has 11 heteroatoms. The Bertz CT molecular complexity index is 1420. The lowest BCUT2D eigenvalue weighted by molar-refractivity contribution is 0.0814. The summed E-state index contributed by atoms with van der Waals surface area (Å²) in [6.07, 6.45) is 8.20. The van der Waals surface area contributed by atoms with Crippen LogP contribution < -0.4 is 10.2 Å². The minimum atomic E-state index is -1.02. The van der Waals surface area contributed by atoms with E-state index >= 15 is 0 Å². The second kappa shape index (κ2) is 13.0. The molecule has 0 aliphatic carbocycles. The number of aryl methyl sites for hydroxylation is 1. The van der Waals surface area contributed by atoms with Gasteiger partial charge in [-0.3, -0.25) is 4.79 Å². The molecule has 1 aliphatic rings. The molecule has 3 N–H and O–H groups in total. The molecule has 41 heavy (non-hydrogen) atoms. The monoisotopic (exact) mass is 564 g/mol. The number of oxazole rings is 1. The Kier molecular flexibility index (Phi) is 9.03. The van der Waals surface area contributed by atoms with E-state index in [0.29, 0.717) is 29.1 Å². The predicted molar refractivity (Wildman–Crippen MR) is 149 cm³/mol. The normalized spacial score (nSPS) is 14.5. The summed E-state index contributed by atoms with van der Waals surface area (Å²) in [6.45, 7) is 3.90. The summed E-state index contributed by atoms with van der Waals surface area (Å²) in [5, 5.41) is 24.4. The molecule has 0 spiro atoms. The molecule has 4 aromatic rings. The molecule has 1 aliphatic heterocycles. The number of rotatable bonds is 12. The minimum Gasteiger partial charge on any atom is -0.445 e. The lowest BCUT2D eigenvalue weighted by atomic mass is 9.92. The molecule has 2 atom stereocenters. The third-order valence-electron chi connectivity index (χ3n) is 7.45. The number of amides is 1. The van der Waals surface area contributed by atoms with E-state index < -0.39 is 29.7 Å². The Morgan fingerprint density at radius 2 is 2.05 bits per heavy atom. The molecule has 0 radical (unpaired) electrons. The summed E-state index contributed by atoms with van der Waals surface area (Å²) in [7, 11) is 0. The van der Waals surface area contributed by atoms with Gasteiger partial charge in [0, 0.05) is 36.0 Å². The van der Waals surface area contributed by atoms with Gasteiger partial charge < -0.3 is 19.7 Å². The van der Waals surface area contributed by atoms with Crippen LogP contribution >= 0.6 is 0 Å². The molecule has 216 valence electrons. The van der Waals surface area contributed by atoms with Crippen LogP contribution in [0.4, 0.5) is 14.5 Å². The Balaban J connectivity index is 1.45. The van der Waals surface area contributed by atoms with Gasteiger partial charge in [0.25, 0.3) is 5.91 Å². The molecule has 2 aromatic heterocycles. The lowest BCUT2D eigenvalue weighted by Gasteiger charge is -2.33. The molecule has 5 rings (SSSR count). The van der Waals surface area contributed by atoms with Crippen LogP contribution in [0, 0.1) is 11.6 Å². The number of aromatic nitrogens is 4. The Hall–Kier alpha value is -4.12. The van der Waals surface area contributed by atoms with E-state index in [-0.39, 0.29) is 12.8 Å². The number of aliphatic hydroxyl groups is 1. The maximum atomic E-state index is 14.0. The summed E-state index contributed by atoms with van der Waals surface area (Å²) in [6, 6.07) is 6.03. The Morgan fingerprint density at radius 3 is 2.76 bits per heavy atom. The first-order chi connectivity index (χ1) is 19.9. The lowest BCUT2D eigenvalue weighted by Crippen LogP contribution is -2.45. The highest BCUT2D eigenvalue weighted by Gasteiger charge is 2.27. The molecule has 0 saturated carbocycles. The second-order valence-electron chi connectivity index (χ2n) is 10.4. The van der Waals surface area contributed by atoms with Gasteiger partial charge in [-0.15, -0.1) is 0 Å². The first-order valence-electron chi connectivity index (χ1n) is 14.0. The largest absolute Gasteiger partial charge is 0.445 e. The van der Waals surface area contributed by atoms with Crippen molar-refractivity contribution in [1.29, 1.82) is 0 Å². The van der Waals surface area contributed by atoms with E-state index in [1.807, 2.05) is 6.07 Å². The van der Waals surface area contributed by atoms with Crippen molar-refractivity contribution in [3.8, 4) is 11.5 Å². The van der Waals surface area contributed by atoms with Crippen molar-refractivity contribution in [2.75, 3.05) is 18.0 Å². The summed E-state index contributed by atoms with van der Waals surface area (Å²) < 4.78 is 33.6. The Labute approximate surface area is 237 Å². The molecular formula is C30H34F2N6O3. The van der Waals surface area contributed by atoms with Crippen LogP contribution in [0.3, 0.4) is 0 Å². The first kappa shape index (κ1) is 28.4. The van der Waals surface area contributed by atoms with E-state index in [4.69, 9.17) is 4.42 Å². The number of anilines is 1. The summed E-state index contributed by atoms with van der Waals surface area (Å²) in [4.78, 5) is 20.4. The van der Waals surface area contributed by atoms with Gasteiger partial charge in [0.05, 0.1) is 30.2 Å². The number of carbonyl (C=O) groups excluding carboxylic acids is 1. The van der Waals surface area contributed by atoms with E-state index in [1.54, 1.807) is 18.5 Å². The summed E-state index contributed by atoms with van der Waals surface area (Å²) >= 11 is 0. The molecule has 3 heterocycles. The van der Waals surface area contributed by atoms with Crippen LogP contribution in [0.25, 0.3) is 11.5 Å². The summed E-state index contributed by atoms with van der Waals surface area (Å²) in [5.74, 6) is -1.42. The number of H-pyrrole nitrogens is 1. The van der Waals surface area contributed by atoms with Crippen molar-refractivity contribution >= 4 is 11.6 Å². The van der Waals surface area contributed by atoms with Crippen LogP contribution in [0.15, 0.2) is 53.4 Å². The SMILES string of the molecule is CCCCN1CCCc2c(-c3ncco3)cc(C(=O)NC(Cc3cc(F)cc(F)c3)C(O)CCc3cn[nH]n3)cc21. The number of aromatic amines is 1. The quantitative estimate of drug-likeness (QED) is 0.230. The van der Waals surface area contributed by atoms with Gasteiger partial charge in [-0.2, -0.15) is 15.4 Å². The average Bonchev–Trinajstić information content (AvgIpc) is 3.68. The van der Waals surface area contributed by atoms with Crippen molar-refractivity contribution in [3.63, 3.8) is 0 Å². The smallest absolute Gasteiger partial charge is 0.251 e. The fourth-order valence-corrected chi connectivity index (χ4v) is 5.39. The number of nitrogens with zero attached hydrogens (tertiary/aromatic N) is 4. The van der Waals surface area contributed by atoms with Crippen LogP contribution in [0.2, 0.25) is 0 Å². The van der Waals surface area contributed by atoms with Gasteiger partial charge in [-0.1, -0.05) is 13.3 Å². The number of halogens is 2. The fraction of sp³-hybridized carbons (Fsp3) is 0.400. The third kappa shape index (κ3) is 6.97. The third-order valence-corrected chi connectivity index (χ3v) is 7.45. The van der Waals surface area contributed by atoms with Crippen molar-refractivity contribution in [3.05, 3.63) is 83.0 Å².